The molecule has 0 spiro atoms. The van der Waals surface area contributed by atoms with Crippen LogP contribution in [0.5, 0.6) is 11.5 Å². The van der Waals surface area contributed by atoms with E-state index in [1.807, 2.05) is 30.3 Å². The Morgan fingerprint density at radius 3 is 2.42 bits per heavy atom. The minimum atomic E-state index is -0.166. The Labute approximate surface area is 211 Å². The highest BCUT2D eigenvalue weighted by atomic mass is 32.2. The number of carbonyl (C=O) groups excluding carboxylic acids is 1. The average Bonchev–Trinajstić information content (AvgIpc) is 3.35. The molecule has 5 aromatic rings. The summed E-state index contributed by atoms with van der Waals surface area (Å²) in [7, 11) is 0. The molecule has 36 heavy (non-hydrogen) atoms. The summed E-state index contributed by atoms with van der Waals surface area (Å²) >= 11 is 1.28. The van der Waals surface area contributed by atoms with E-state index >= 15 is 0 Å². The van der Waals surface area contributed by atoms with Crippen LogP contribution in [0.25, 0.3) is 28.0 Å². The summed E-state index contributed by atoms with van der Waals surface area (Å²) in [5.74, 6) is 1.30. The molecule has 1 amide bonds. The molecule has 3 aromatic carbocycles. The van der Waals surface area contributed by atoms with Crippen molar-refractivity contribution in [3.63, 3.8) is 0 Å². The van der Waals surface area contributed by atoms with Crippen LogP contribution in [-0.4, -0.2) is 44.7 Å². The zero-order valence-corrected chi connectivity index (χ0v) is 19.9. The normalized spacial score (nSPS) is 12.4. The molecule has 8 nitrogen and oxygen atoms in total. The average molecular weight is 496 g/mol. The van der Waals surface area contributed by atoms with Gasteiger partial charge >= 0.3 is 0 Å². The van der Waals surface area contributed by atoms with Crippen LogP contribution in [-0.2, 0) is 4.79 Å². The van der Waals surface area contributed by atoms with Crippen LogP contribution in [0.2, 0.25) is 0 Å². The van der Waals surface area contributed by atoms with Crippen molar-refractivity contribution >= 4 is 29.0 Å². The minimum Gasteiger partial charge on any atom is -0.486 e. The van der Waals surface area contributed by atoms with E-state index in [1.165, 1.54) is 17.3 Å². The molecule has 1 aliphatic rings. The largest absolute Gasteiger partial charge is 0.486 e. The summed E-state index contributed by atoms with van der Waals surface area (Å²) in [6, 6.07) is 27.7. The van der Waals surface area contributed by atoms with E-state index in [0.29, 0.717) is 41.2 Å². The lowest BCUT2D eigenvalue weighted by molar-refractivity contribution is -0.113. The second-order valence-corrected chi connectivity index (χ2v) is 9.05. The van der Waals surface area contributed by atoms with Crippen LogP contribution in [0, 0.1) is 0 Å². The number of thioether (sulfide) groups is 1. The summed E-state index contributed by atoms with van der Waals surface area (Å²) in [5.41, 5.74) is 5.36. The molecule has 0 saturated heterocycles. The maximum absolute atomic E-state index is 12.6. The van der Waals surface area contributed by atoms with Gasteiger partial charge in [0.25, 0.3) is 0 Å². The predicted molar refractivity (Wildman–Crippen MR) is 138 cm³/mol. The third-order valence-electron chi connectivity index (χ3n) is 5.68. The minimum absolute atomic E-state index is 0.160. The fourth-order valence-corrected chi connectivity index (χ4v) is 4.61. The predicted octanol–water partition coefficient (Wildman–Crippen LogP) is 4.96. The number of amides is 1. The van der Waals surface area contributed by atoms with Crippen molar-refractivity contribution in [1.29, 1.82) is 0 Å². The topological polar surface area (TPSA) is 90.6 Å². The zero-order valence-electron chi connectivity index (χ0n) is 19.1. The van der Waals surface area contributed by atoms with Gasteiger partial charge in [-0.05, 0) is 35.4 Å². The lowest BCUT2D eigenvalue weighted by Crippen LogP contribution is -2.17. The molecule has 3 heterocycles. The van der Waals surface area contributed by atoms with Crippen molar-refractivity contribution < 1.29 is 14.3 Å². The van der Waals surface area contributed by atoms with Gasteiger partial charge in [0.1, 0.15) is 13.2 Å². The molecule has 0 bridgehead atoms. The Morgan fingerprint density at radius 1 is 0.833 bits per heavy atom. The van der Waals surface area contributed by atoms with Crippen molar-refractivity contribution in [1.82, 2.24) is 19.8 Å². The Kier molecular flexibility index (Phi) is 5.96. The fraction of sp³-hybridized carbons (Fsp3) is 0.111. The molecular weight excluding hydrogens is 474 g/mol. The van der Waals surface area contributed by atoms with Gasteiger partial charge in [0.2, 0.25) is 11.1 Å². The Balaban J connectivity index is 1.15. The van der Waals surface area contributed by atoms with Gasteiger partial charge in [-0.15, -0.1) is 10.2 Å². The summed E-state index contributed by atoms with van der Waals surface area (Å²) in [5, 5.41) is 16.6. The highest BCUT2D eigenvalue weighted by molar-refractivity contribution is 7.99. The number of aromatic nitrogens is 4. The van der Waals surface area contributed by atoms with Gasteiger partial charge in [-0.1, -0.05) is 66.4 Å². The zero-order chi connectivity index (χ0) is 24.3. The van der Waals surface area contributed by atoms with Gasteiger partial charge in [0.05, 0.1) is 11.4 Å². The monoisotopic (exact) mass is 495 g/mol. The summed E-state index contributed by atoms with van der Waals surface area (Å²) < 4.78 is 12.8. The van der Waals surface area contributed by atoms with Crippen LogP contribution >= 0.6 is 11.8 Å². The number of benzene rings is 3. The first-order valence-electron chi connectivity index (χ1n) is 11.4. The molecule has 178 valence electrons. The van der Waals surface area contributed by atoms with Gasteiger partial charge in [0, 0.05) is 17.3 Å². The quantitative estimate of drug-likeness (QED) is 0.333. The molecule has 0 saturated carbocycles. The highest BCUT2D eigenvalue weighted by Crippen LogP contribution is 2.32. The summed E-state index contributed by atoms with van der Waals surface area (Å²) in [6.45, 7) is 1.02. The van der Waals surface area contributed by atoms with E-state index in [-0.39, 0.29) is 11.7 Å². The molecule has 9 heteroatoms. The van der Waals surface area contributed by atoms with Crippen LogP contribution in [0.4, 0.5) is 5.69 Å². The SMILES string of the molecule is O=C(CSc1nnc2ccc(-c3ccc(-c4ccccc4)cc3)nn12)Nc1ccc2c(c1)OCCO2. The molecule has 2 aromatic heterocycles. The number of fused-ring (bicyclic) bond motifs is 2. The third kappa shape index (κ3) is 4.60. The first-order chi connectivity index (χ1) is 17.7. The third-order valence-corrected chi connectivity index (χ3v) is 6.60. The maximum atomic E-state index is 12.6. The number of nitrogens with one attached hydrogen (secondary N) is 1. The molecule has 0 unspecified atom stereocenters. The first kappa shape index (κ1) is 22.1. The van der Waals surface area contributed by atoms with E-state index in [2.05, 4.69) is 51.9 Å². The number of hydrogen-bond acceptors (Lipinski definition) is 7. The number of carbonyl (C=O) groups is 1. The van der Waals surface area contributed by atoms with Crippen molar-refractivity contribution in [2.45, 2.75) is 5.16 Å². The number of nitrogens with zero attached hydrogens (tertiary/aromatic N) is 4. The molecule has 6 rings (SSSR count). The van der Waals surface area contributed by atoms with Gasteiger partial charge in [-0.3, -0.25) is 4.79 Å². The van der Waals surface area contributed by atoms with Crippen LogP contribution in [0.15, 0.2) is 90.1 Å². The molecular formula is C27H21N5O3S. The standard InChI is InChI=1S/C27H21N5O3S/c33-26(28-21-10-12-23-24(16-21)35-15-14-34-23)17-36-27-30-29-25-13-11-22(31-32(25)27)20-8-6-19(7-9-20)18-4-2-1-3-5-18/h1-13,16H,14-15,17H2,(H,28,33). The molecule has 1 aliphatic heterocycles. The molecule has 0 atom stereocenters. The Hall–Kier alpha value is -4.37. The van der Waals surface area contributed by atoms with Crippen molar-refractivity contribution in [2.75, 3.05) is 24.3 Å². The molecule has 1 N–H and O–H groups in total. The lowest BCUT2D eigenvalue weighted by atomic mass is 10.0. The van der Waals surface area contributed by atoms with E-state index in [0.717, 1.165) is 16.8 Å². The van der Waals surface area contributed by atoms with Crippen LogP contribution in [0.3, 0.4) is 0 Å². The van der Waals surface area contributed by atoms with E-state index < -0.39 is 0 Å². The fourth-order valence-electron chi connectivity index (χ4n) is 3.93. The number of anilines is 1. The van der Waals surface area contributed by atoms with Gasteiger partial charge in [-0.2, -0.15) is 9.61 Å². The second kappa shape index (κ2) is 9.71. The van der Waals surface area contributed by atoms with Crippen molar-refractivity contribution in [3.8, 4) is 33.9 Å². The molecule has 0 aliphatic carbocycles. The van der Waals surface area contributed by atoms with Crippen molar-refractivity contribution in [3.05, 3.63) is 84.9 Å². The Morgan fingerprint density at radius 2 is 1.58 bits per heavy atom. The van der Waals surface area contributed by atoms with Crippen LogP contribution < -0.4 is 14.8 Å². The highest BCUT2D eigenvalue weighted by Gasteiger charge is 2.15. The second-order valence-electron chi connectivity index (χ2n) is 8.11. The van der Waals surface area contributed by atoms with E-state index in [9.17, 15) is 4.79 Å². The molecule has 0 radical (unpaired) electrons. The first-order valence-corrected chi connectivity index (χ1v) is 12.4. The number of rotatable bonds is 6. The van der Waals surface area contributed by atoms with E-state index in [1.54, 1.807) is 22.7 Å². The summed E-state index contributed by atoms with van der Waals surface area (Å²) in [4.78, 5) is 12.6. The van der Waals surface area contributed by atoms with Crippen molar-refractivity contribution in [2.24, 2.45) is 0 Å². The van der Waals surface area contributed by atoms with E-state index in [4.69, 9.17) is 14.6 Å². The maximum Gasteiger partial charge on any atom is 0.234 e. The lowest BCUT2D eigenvalue weighted by Gasteiger charge is -2.18. The van der Waals surface area contributed by atoms with Gasteiger partial charge in [0.15, 0.2) is 17.1 Å². The van der Waals surface area contributed by atoms with Gasteiger partial charge in [-0.25, -0.2) is 0 Å². The summed E-state index contributed by atoms with van der Waals surface area (Å²) in [6.07, 6.45) is 0. The van der Waals surface area contributed by atoms with Gasteiger partial charge < -0.3 is 14.8 Å². The van der Waals surface area contributed by atoms with Crippen LogP contribution in [0.1, 0.15) is 0 Å². The molecule has 0 fully saturated rings. The Bertz CT molecular complexity index is 1540. The number of ether oxygens (including phenoxy) is 2. The smallest absolute Gasteiger partial charge is 0.234 e. The number of hydrogen-bond donors (Lipinski definition) is 1.